The van der Waals surface area contributed by atoms with Gasteiger partial charge < -0.3 is 144 Å². The summed E-state index contributed by atoms with van der Waals surface area (Å²) in [5.74, 6) is -14.5. The smallest absolute Gasteiger partial charge is 0.364 e. The Morgan fingerprint density at radius 2 is 1.21 bits per heavy atom. The van der Waals surface area contributed by atoms with Crippen LogP contribution in [0.25, 0.3) is 0 Å². The second-order valence-electron chi connectivity index (χ2n) is 29.2. The van der Waals surface area contributed by atoms with Gasteiger partial charge in [0.2, 0.25) is 23.6 Å². The van der Waals surface area contributed by atoms with Crippen molar-refractivity contribution in [2.45, 2.75) is 168 Å². The Balaban J connectivity index is 0.856. The minimum absolute atomic E-state index is 0.0562. The zero-order valence-electron chi connectivity index (χ0n) is 66.8. The lowest BCUT2D eigenvalue weighted by Crippen LogP contribution is -2.71. The normalized spacial score (nSPS) is 26.0. The molecule has 43 heteroatoms. The van der Waals surface area contributed by atoms with E-state index in [1.54, 1.807) is 60.7 Å². The number of carbonyl (C=O) groups is 9. The van der Waals surface area contributed by atoms with E-state index < -0.39 is 244 Å². The van der Waals surface area contributed by atoms with Gasteiger partial charge in [-0.25, -0.2) is 24.0 Å². The van der Waals surface area contributed by atoms with Crippen molar-refractivity contribution in [2.24, 2.45) is 5.92 Å². The molecule has 124 heavy (non-hydrogen) atoms. The molecule has 18 unspecified atom stereocenters. The lowest BCUT2D eigenvalue weighted by Gasteiger charge is -2.51. The van der Waals surface area contributed by atoms with E-state index in [-0.39, 0.29) is 88.9 Å². The van der Waals surface area contributed by atoms with Gasteiger partial charge >= 0.3 is 29.6 Å². The zero-order chi connectivity index (χ0) is 89.8. The number of benzene rings is 5. The third-order valence-electron chi connectivity index (χ3n) is 20.4. The van der Waals surface area contributed by atoms with E-state index in [0.29, 0.717) is 17.2 Å². The molecule has 4 aliphatic rings. The number of carbonyl (C=O) groups excluding carboxylic acids is 8. The zero-order valence-corrected chi connectivity index (χ0v) is 68.3. The van der Waals surface area contributed by atoms with Crippen molar-refractivity contribution in [1.82, 2.24) is 36.6 Å². The molecule has 5 aromatic carbocycles. The summed E-state index contributed by atoms with van der Waals surface area (Å²) in [7, 11) is 2.58. The third-order valence-corrected chi connectivity index (χ3v) is 21.0. The van der Waals surface area contributed by atoms with E-state index in [4.69, 9.17) is 84.8 Å². The molecule has 0 radical (unpaired) electrons. The first-order chi connectivity index (χ1) is 59.2. The molecule has 5 amide bonds. The second kappa shape index (κ2) is 44.4. The Hall–Kier alpha value is -10.5. The van der Waals surface area contributed by atoms with Gasteiger partial charge in [-0.05, 0) is 78.4 Å². The maximum Gasteiger partial charge on any atom is 0.364 e. The van der Waals surface area contributed by atoms with Gasteiger partial charge in [0.05, 0.1) is 92.7 Å². The van der Waals surface area contributed by atoms with Crippen LogP contribution in [0.5, 0.6) is 11.5 Å². The molecule has 10 rings (SSSR count). The molecule has 672 valence electrons. The molecule has 17 N–H and O–H groups in total. The number of hydrogen-bond donors (Lipinski definition) is 17. The summed E-state index contributed by atoms with van der Waals surface area (Å²) in [6, 6.07) is 26.0. The maximum absolute atomic E-state index is 14.7. The number of amides is 5. The summed E-state index contributed by atoms with van der Waals surface area (Å²) < 4.78 is 76.6. The number of carboxylic acids is 1. The predicted octanol–water partition coefficient (Wildman–Crippen LogP) is -1.78. The van der Waals surface area contributed by atoms with Crippen molar-refractivity contribution in [3.05, 3.63) is 197 Å². The average molecular weight is 1780 g/mol. The molecule has 4 fully saturated rings. The highest BCUT2D eigenvalue weighted by Crippen LogP contribution is 2.43. The maximum atomic E-state index is 14.7. The van der Waals surface area contributed by atoms with Crippen molar-refractivity contribution in [3.8, 4) is 11.5 Å². The van der Waals surface area contributed by atoms with Gasteiger partial charge in [-0.1, -0.05) is 102 Å². The summed E-state index contributed by atoms with van der Waals surface area (Å²) in [4.78, 5) is 154. The number of aromatic amines is 2. The van der Waals surface area contributed by atoms with Crippen LogP contribution in [-0.2, 0) is 89.3 Å². The highest BCUT2D eigenvalue weighted by atomic mass is 35.5. The Morgan fingerprint density at radius 1 is 0.637 bits per heavy atom. The quantitative estimate of drug-likeness (QED) is 0.0116. The number of hydrogen-bond acceptors (Lipinski definition) is 33. The Kier molecular flexibility index (Phi) is 34.3. The molecular formula is C81H95Cl2N7O34. The number of aliphatic hydroxyl groups is 9. The van der Waals surface area contributed by atoms with E-state index in [2.05, 4.69) is 31.6 Å². The molecule has 20 atom stereocenters. The van der Waals surface area contributed by atoms with E-state index in [1.807, 2.05) is 4.98 Å². The van der Waals surface area contributed by atoms with Gasteiger partial charge in [0.15, 0.2) is 30.2 Å². The van der Waals surface area contributed by atoms with Crippen LogP contribution in [0, 0.1) is 5.92 Å². The number of rotatable bonds is 38. The number of aliphatic carboxylic acids is 1. The number of ether oxygens (including phenoxy) is 13. The number of aliphatic hydroxyl groups excluding tert-OH is 9. The topological polar surface area (TPSA) is 602 Å². The van der Waals surface area contributed by atoms with Crippen LogP contribution >= 0.6 is 23.2 Å². The fraction of sp³-hybridized carbons (Fsp3) is 0.469. The van der Waals surface area contributed by atoms with Gasteiger partial charge in [-0.15, -0.1) is 0 Å². The molecule has 3 aliphatic heterocycles. The Labute approximate surface area is 715 Å². The van der Waals surface area contributed by atoms with E-state index in [1.165, 1.54) is 75.7 Å². The fourth-order valence-electron chi connectivity index (χ4n) is 14.3. The minimum atomic E-state index is -3.34. The van der Waals surface area contributed by atoms with Crippen LogP contribution in [-0.4, -0.2) is 297 Å². The van der Waals surface area contributed by atoms with Gasteiger partial charge in [0.1, 0.15) is 104 Å². The molecule has 41 nitrogen and oxygen atoms in total. The highest BCUT2D eigenvalue weighted by molar-refractivity contribution is 6.33. The van der Waals surface area contributed by atoms with E-state index in [0.717, 1.165) is 6.92 Å². The van der Waals surface area contributed by atoms with Crippen LogP contribution in [0.1, 0.15) is 103 Å². The van der Waals surface area contributed by atoms with Crippen molar-refractivity contribution < 1.29 is 156 Å². The van der Waals surface area contributed by atoms with Crippen molar-refractivity contribution >= 4 is 76.6 Å². The molecule has 4 heterocycles. The van der Waals surface area contributed by atoms with Crippen molar-refractivity contribution in [1.29, 1.82) is 0 Å². The van der Waals surface area contributed by atoms with Crippen LogP contribution in [0.3, 0.4) is 0 Å². The molecule has 1 aromatic heterocycles. The molecule has 0 bridgehead atoms. The number of halogens is 2. The molecule has 1 aliphatic carbocycles. The number of aromatic nitrogens is 2. The largest absolute Gasteiger partial charge is 0.494 e. The monoisotopic (exact) mass is 1780 g/mol. The van der Waals surface area contributed by atoms with Crippen LogP contribution in [0.4, 0.5) is 0 Å². The molecule has 6 aromatic rings. The summed E-state index contributed by atoms with van der Waals surface area (Å²) >= 11 is 13.6. The van der Waals surface area contributed by atoms with Crippen molar-refractivity contribution in [2.75, 3.05) is 67.0 Å². The molecule has 3 saturated heterocycles. The Bertz CT molecular complexity index is 4670. The van der Waals surface area contributed by atoms with Gasteiger partial charge in [-0.2, -0.15) is 0 Å². The number of H-pyrrole nitrogens is 2. The van der Waals surface area contributed by atoms with Gasteiger partial charge in [0, 0.05) is 38.4 Å². The number of methoxy groups -OCH3 is 2. The standard InChI is InChI=1S/C81H95Cl2N7O34/c1-38-61(99)64(102)65(103)77(118-38)122-68-50(87-73(105)51-30-56(96)90-80(111)88-51)28-45(29-54(68)119-78-71(121-74(106)42-18-12-7-13-19-42)70(63(101)55(33-92)120-78)124-81(79(109)110)31-52(94)60(86-39(2)93)69(123-81)62(100)53(95)32-91)72(104)85-21-20-84-57(97)36-114-22-23-115-37-58(98)89-59(43-24-46(66(112-3)48(82)26-43)75(107)116-34-40-14-8-5-9-15-40)44-25-47(67(113-4)49(83)27-44)76(108)117-35-41-16-10-6-11-17-41/h5-19,24-27,30,38,45,50,52-55,59-65,68-71,77-78,91-92,94-95,99-103H,20-23,28-29,31-37H2,1-4H3,(H,84,97)(H,85,104)(H,86,93)(H,87,105)(H,89,98)(H,109,110)(H2,88,90,96,111)/t38?,45?,50?,52?,53-,54?,55?,60?,61?,62-,63?,64?,65?,68?,69?,70?,71?,77?,78?,81?/m1/s1. The summed E-state index contributed by atoms with van der Waals surface area (Å²) in [6.45, 7) is -2.90. The fourth-order valence-corrected chi connectivity index (χ4v) is 14.9. The molecular weight excluding hydrogens is 1690 g/mol. The van der Waals surface area contributed by atoms with Gasteiger partial charge in [-0.3, -0.25) is 33.8 Å². The third kappa shape index (κ3) is 24.3. The number of carboxylic acid groups (broad SMARTS) is 1. The van der Waals surface area contributed by atoms with Crippen molar-refractivity contribution in [3.63, 3.8) is 0 Å². The molecule has 0 spiro atoms. The van der Waals surface area contributed by atoms with Crippen LogP contribution in [0.2, 0.25) is 10.0 Å². The first-order valence-electron chi connectivity index (χ1n) is 38.8. The van der Waals surface area contributed by atoms with Gasteiger partial charge in [0.25, 0.3) is 17.3 Å². The van der Waals surface area contributed by atoms with Crippen LogP contribution < -0.4 is 47.3 Å². The second-order valence-corrected chi connectivity index (χ2v) is 30.0. The van der Waals surface area contributed by atoms with E-state index >= 15 is 0 Å². The number of nitrogens with one attached hydrogen (secondary N) is 7. The molecule has 1 saturated carbocycles. The first kappa shape index (κ1) is 95.7. The highest BCUT2D eigenvalue weighted by Gasteiger charge is 2.61. The minimum Gasteiger partial charge on any atom is -0.494 e. The van der Waals surface area contributed by atoms with Crippen LogP contribution in [0.15, 0.2) is 131 Å². The number of esters is 3. The van der Waals surface area contributed by atoms with E-state index in [9.17, 15) is 104 Å². The predicted molar refractivity (Wildman–Crippen MR) is 423 cm³/mol. The lowest BCUT2D eigenvalue weighted by molar-refractivity contribution is -0.378. The SMILES string of the molecule is COc1c(Cl)cc(C(NC(=O)COCCOCC(=O)NCCNC(=O)C2CC(NC(=O)c3cc(=O)[nH]c(=O)[nH]3)C(OC3OC(C)C(O)C(O)C3O)C(OC3OC(CO)C(O)C(OC4(C(=O)O)CC(O)C(NC(C)=O)C([C@H](O)[C@H](O)CO)O4)C3OC(=O)c3ccccc3)C2)c2cc(Cl)c(OC)c(C(=O)OCc3ccccc3)c2)cc1C(=O)OCc1ccccc1. The summed E-state index contributed by atoms with van der Waals surface area (Å²) in [6.07, 6.45) is -35.5. The first-order valence-corrected chi connectivity index (χ1v) is 39.5. The summed E-state index contributed by atoms with van der Waals surface area (Å²) in [5.41, 5.74) is -1.69. The summed E-state index contributed by atoms with van der Waals surface area (Å²) in [5, 5.41) is 124. The average Bonchev–Trinajstić information content (AvgIpc) is 0.746. The lowest BCUT2D eigenvalue weighted by atomic mass is 9.80. The Morgan fingerprint density at radius 3 is 1.76 bits per heavy atom.